The second kappa shape index (κ2) is 10.8. The van der Waals surface area contributed by atoms with Gasteiger partial charge in [0.1, 0.15) is 5.82 Å². The number of aromatic nitrogens is 3. The van der Waals surface area contributed by atoms with Crippen LogP contribution in [-0.4, -0.2) is 47.2 Å². The molecule has 35 heavy (non-hydrogen) atoms. The van der Waals surface area contributed by atoms with E-state index in [0.717, 1.165) is 11.1 Å². The van der Waals surface area contributed by atoms with Crippen molar-refractivity contribution in [2.75, 3.05) is 19.5 Å². The number of imidazole rings is 1. The van der Waals surface area contributed by atoms with Crippen LogP contribution in [0.5, 0.6) is 11.5 Å². The number of H-pyrrole nitrogens is 1. The normalized spacial score (nSPS) is 11.5. The first-order chi connectivity index (χ1) is 17.0. The van der Waals surface area contributed by atoms with Crippen molar-refractivity contribution in [2.45, 2.75) is 19.4 Å². The molecule has 0 aliphatic rings. The Kier molecular flexibility index (Phi) is 7.41. The molecule has 4 aromatic rings. The Morgan fingerprint density at radius 1 is 1.06 bits per heavy atom. The minimum absolute atomic E-state index is 0.315. The van der Waals surface area contributed by atoms with Crippen LogP contribution in [0.4, 0.5) is 5.13 Å². The molecule has 4 rings (SSSR count). The highest BCUT2D eigenvalue weighted by atomic mass is 32.1. The van der Waals surface area contributed by atoms with Crippen molar-refractivity contribution >= 4 is 28.3 Å². The van der Waals surface area contributed by atoms with Crippen LogP contribution >= 0.6 is 11.3 Å². The van der Waals surface area contributed by atoms with E-state index in [1.165, 1.54) is 11.3 Å². The van der Waals surface area contributed by atoms with Gasteiger partial charge < -0.3 is 19.2 Å². The van der Waals surface area contributed by atoms with Crippen molar-refractivity contribution in [3.63, 3.8) is 0 Å². The van der Waals surface area contributed by atoms with Crippen molar-refractivity contribution < 1.29 is 23.8 Å². The number of methoxy groups -OCH3 is 2. The Balaban J connectivity index is 1.40. The van der Waals surface area contributed by atoms with Gasteiger partial charge in [-0.2, -0.15) is 0 Å². The number of aromatic amines is 1. The maximum atomic E-state index is 12.8. The summed E-state index contributed by atoms with van der Waals surface area (Å²) >= 11 is 1.28. The first-order valence-electron chi connectivity index (χ1n) is 10.8. The molecule has 0 saturated carbocycles. The van der Waals surface area contributed by atoms with E-state index in [9.17, 15) is 9.59 Å². The maximum absolute atomic E-state index is 12.8. The molecule has 2 aromatic carbocycles. The number of amides is 1. The molecule has 10 heteroatoms. The summed E-state index contributed by atoms with van der Waals surface area (Å²) < 4.78 is 16.1. The largest absolute Gasteiger partial charge is 0.493 e. The van der Waals surface area contributed by atoms with E-state index in [0.29, 0.717) is 40.1 Å². The fraction of sp³-hybridized carbons (Fsp3) is 0.200. The van der Waals surface area contributed by atoms with Gasteiger partial charge in [-0.1, -0.05) is 19.1 Å². The third-order valence-electron chi connectivity index (χ3n) is 5.22. The smallest absolute Gasteiger partial charge is 0.338 e. The predicted molar refractivity (Wildman–Crippen MR) is 133 cm³/mol. The highest BCUT2D eigenvalue weighted by molar-refractivity contribution is 7.14. The van der Waals surface area contributed by atoms with Gasteiger partial charge in [-0.05, 0) is 36.8 Å². The minimum Gasteiger partial charge on any atom is -0.493 e. The van der Waals surface area contributed by atoms with E-state index in [2.05, 4.69) is 20.3 Å². The molecule has 0 spiro atoms. The molecule has 2 heterocycles. The predicted octanol–water partition coefficient (Wildman–Crippen LogP) is 4.79. The van der Waals surface area contributed by atoms with Gasteiger partial charge in [-0.3, -0.25) is 10.1 Å². The van der Waals surface area contributed by atoms with E-state index in [-0.39, 0.29) is 0 Å². The third-order valence-corrected chi connectivity index (χ3v) is 5.98. The van der Waals surface area contributed by atoms with Gasteiger partial charge in [-0.15, -0.1) is 11.3 Å². The third kappa shape index (κ3) is 5.49. The monoisotopic (exact) mass is 492 g/mol. The van der Waals surface area contributed by atoms with Gasteiger partial charge in [0.05, 0.1) is 25.5 Å². The Morgan fingerprint density at radius 3 is 2.46 bits per heavy atom. The van der Waals surface area contributed by atoms with Crippen LogP contribution in [0.2, 0.25) is 0 Å². The summed E-state index contributed by atoms with van der Waals surface area (Å²) in [7, 11) is 3.13. The van der Waals surface area contributed by atoms with Crippen LogP contribution in [-0.2, 0) is 9.53 Å². The molecule has 2 aromatic heterocycles. The van der Waals surface area contributed by atoms with Crippen LogP contribution in [0.3, 0.4) is 0 Å². The summed E-state index contributed by atoms with van der Waals surface area (Å²) in [5, 5.41) is 4.97. The summed E-state index contributed by atoms with van der Waals surface area (Å²) in [6, 6.07) is 12.3. The van der Waals surface area contributed by atoms with Gasteiger partial charge in [0.2, 0.25) is 0 Å². The van der Waals surface area contributed by atoms with Gasteiger partial charge in [0.15, 0.2) is 22.7 Å². The number of nitrogens with one attached hydrogen (secondary N) is 2. The number of thiazole rings is 1. The SMILES string of the molecule is CCC(OC(=O)c1ccc(-c2ncc[nH]2)cc1)C(=O)Nc1nc(-c2ccc(OC)c(OC)c2)cs1. The molecule has 0 fully saturated rings. The molecule has 9 nitrogen and oxygen atoms in total. The standard InChI is InChI=1S/C25H24N4O5S/c1-4-19(34-24(31)16-7-5-15(6-8-16)22-26-11-12-27-22)23(30)29-25-28-18(14-35-25)17-9-10-20(32-2)21(13-17)33-3/h5-14,19H,4H2,1-3H3,(H,26,27)(H,28,29,30). The summed E-state index contributed by atoms with van der Waals surface area (Å²) in [6.07, 6.45) is 2.74. The van der Waals surface area contributed by atoms with Crippen LogP contribution in [0.25, 0.3) is 22.6 Å². The number of hydrogen-bond acceptors (Lipinski definition) is 8. The van der Waals surface area contributed by atoms with Crippen molar-refractivity contribution in [3.8, 4) is 34.1 Å². The molecule has 0 radical (unpaired) electrons. The van der Waals surface area contributed by atoms with Crippen molar-refractivity contribution in [2.24, 2.45) is 0 Å². The van der Waals surface area contributed by atoms with Gasteiger partial charge in [0.25, 0.3) is 5.91 Å². The number of nitrogens with zero attached hydrogens (tertiary/aromatic N) is 2. The number of anilines is 1. The quantitative estimate of drug-likeness (QED) is 0.323. The zero-order valence-corrected chi connectivity index (χ0v) is 20.2. The molecule has 1 amide bonds. The van der Waals surface area contributed by atoms with Gasteiger partial charge in [-0.25, -0.2) is 14.8 Å². The number of carbonyl (C=O) groups excluding carboxylic acids is 2. The number of benzene rings is 2. The summed E-state index contributed by atoms with van der Waals surface area (Å²) in [5.74, 6) is 0.873. The Bertz CT molecular complexity index is 1300. The van der Waals surface area contributed by atoms with Crippen LogP contribution in [0, 0.1) is 0 Å². The van der Waals surface area contributed by atoms with Crippen molar-refractivity contribution in [1.82, 2.24) is 15.0 Å². The molecular formula is C25H24N4O5S. The summed E-state index contributed by atoms with van der Waals surface area (Å²) in [5.41, 5.74) is 2.67. The lowest BCUT2D eigenvalue weighted by Crippen LogP contribution is -2.32. The second-order valence-corrected chi connectivity index (χ2v) is 8.27. The Morgan fingerprint density at radius 2 is 1.80 bits per heavy atom. The van der Waals surface area contributed by atoms with Gasteiger partial charge >= 0.3 is 5.97 Å². The molecule has 1 atom stereocenters. The van der Waals surface area contributed by atoms with E-state index in [1.807, 2.05) is 17.5 Å². The first-order valence-corrected chi connectivity index (χ1v) is 11.7. The maximum Gasteiger partial charge on any atom is 0.338 e. The molecule has 1 unspecified atom stereocenters. The number of carbonyl (C=O) groups is 2. The van der Waals surface area contributed by atoms with Crippen LogP contribution in [0.15, 0.2) is 60.2 Å². The van der Waals surface area contributed by atoms with Gasteiger partial charge in [0, 0.05) is 28.9 Å². The fourth-order valence-corrected chi connectivity index (χ4v) is 4.07. The van der Waals surface area contributed by atoms with Crippen molar-refractivity contribution in [3.05, 3.63) is 65.8 Å². The van der Waals surface area contributed by atoms with E-state index < -0.39 is 18.0 Å². The summed E-state index contributed by atoms with van der Waals surface area (Å²) in [4.78, 5) is 37.1. The van der Waals surface area contributed by atoms with Crippen molar-refractivity contribution in [1.29, 1.82) is 0 Å². The lowest BCUT2D eigenvalue weighted by atomic mass is 10.1. The average molecular weight is 493 g/mol. The zero-order valence-electron chi connectivity index (χ0n) is 19.4. The lowest BCUT2D eigenvalue weighted by molar-refractivity contribution is -0.124. The molecular weight excluding hydrogens is 468 g/mol. The number of rotatable bonds is 9. The first kappa shape index (κ1) is 24.0. The molecule has 0 aliphatic heterocycles. The number of ether oxygens (including phenoxy) is 3. The highest BCUT2D eigenvalue weighted by Gasteiger charge is 2.23. The van der Waals surface area contributed by atoms with E-state index in [4.69, 9.17) is 14.2 Å². The Hall–Kier alpha value is -4.18. The lowest BCUT2D eigenvalue weighted by Gasteiger charge is -2.15. The molecule has 0 aliphatic carbocycles. The number of esters is 1. The number of hydrogen-bond donors (Lipinski definition) is 2. The summed E-state index contributed by atoms with van der Waals surface area (Å²) in [6.45, 7) is 1.77. The molecule has 180 valence electrons. The fourth-order valence-electron chi connectivity index (χ4n) is 3.35. The molecule has 0 bridgehead atoms. The minimum atomic E-state index is -0.958. The van der Waals surface area contributed by atoms with E-state index in [1.54, 1.807) is 63.9 Å². The zero-order chi connectivity index (χ0) is 24.8. The highest BCUT2D eigenvalue weighted by Crippen LogP contribution is 2.33. The van der Waals surface area contributed by atoms with Crippen LogP contribution in [0.1, 0.15) is 23.7 Å². The topological polar surface area (TPSA) is 115 Å². The second-order valence-electron chi connectivity index (χ2n) is 7.41. The van der Waals surface area contributed by atoms with Crippen LogP contribution < -0.4 is 14.8 Å². The van der Waals surface area contributed by atoms with E-state index >= 15 is 0 Å². The average Bonchev–Trinajstić information content (AvgIpc) is 3.59. The Labute approximate surface area is 206 Å². The molecule has 2 N–H and O–H groups in total. The molecule has 0 saturated heterocycles.